The van der Waals surface area contributed by atoms with Crippen LogP contribution in [0.15, 0.2) is 6.20 Å². The van der Waals surface area contributed by atoms with E-state index in [4.69, 9.17) is 0 Å². The molecule has 2 heterocycles. The van der Waals surface area contributed by atoms with E-state index in [2.05, 4.69) is 34.4 Å². The smallest absolute Gasteiger partial charge is 0.147 e. The van der Waals surface area contributed by atoms with Crippen molar-refractivity contribution < 1.29 is 0 Å². The predicted octanol–water partition coefficient (Wildman–Crippen LogP) is 1.05. The molecule has 4 nitrogen and oxygen atoms in total. The van der Waals surface area contributed by atoms with Crippen LogP contribution in [-0.4, -0.2) is 29.8 Å². The van der Waals surface area contributed by atoms with Crippen LogP contribution in [0.25, 0.3) is 0 Å². The van der Waals surface area contributed by atoms with Gasteiger partial charge < -0.3 is 10.2 Å². The van der Waals surface area contributed by atoms with E-state index in [-0.39, 0.29) is 0 Å². The van der Waals surface area contributed by atoms with Crippen molar-refractivity contribution in [1.29, 1.82) is 0 Å². The van der Waals surface area contributed by atoms with Crippen molar-refractivity contribution in [3.63, 3.8) is 0 Å². The van der Waals surface area contributed by atoms with Crippen LogP contribution in [0.5, 0.6) is 0 Å². The Hall–Kier alpha value is -1.19. The molecule has 2 N–H and O–H groups in total. The number of aromatic nitrogens is 2. The molecular weight excluding hydrogens is 152 g/mol. The Kier molecular flexibility index (Phi) is 1.67. The molecule has 4 heteroatoms. The number of H-pyrrole nitrogens is 1. The highest BCUT2D eigenvalue weighted by atomic mass is 15.3. The van der Waals surface area contributed by atoms with Gasteiger partial charge in [0.2, 0.25) is 0 Å². The largest absolute Gasteiger partial charge is 0.381 e. The molecule has 66 valence electrons. The molecule has 0 radical (unpaired) electrons. The summed E-state index contributed by atoms with van der Waals surface area (Å²) in [5.74, 6) is 1.10. The number of nitrogens with zero attached hydrogens (tertiary/aromatic N) is 2. The molecule has 1 aliphatic heterocycles. The highest BCUT2D eigenvalue weighted by molar-refractivity contribution is 5.65. The van der Waals surface area contributed by atoms with Gasteiger partial charge in [-0.15, -0.1) is 0 Å². The van der Waals surface area contributed by atoms with Crippen LogP contribution >= 0.6 is 0 Å². The minimum atomic E-state index is 0.569. The molecule has 2 rings (SSSR count). The first-order valence-electron chi connectivity index (χ1n) is 4.29. The lowest BCUT2D eigenvalue weighted by atomic mass is 10.2. The number of fused-ring (bicyclic) bond motifs is 1. The highest BCUT2D eigenvalue weighted by Crippen LogP contribution is 2.26. The fourth-order valence-electron chi connectivity index (χ4n) is 1.51. The van der Waals surface area contributed by atoms with E-state index in [1.54, 1.807) is 0 Å². The third-order valence-electron chi connectivity index (χ3n) is 2.51. The molecule has 0 spiro atoms. The van der Waals surface area contributed by atoms with Gasteiger partial charge in [0.15, 0.2) is 0 Å². The Bertz CT molecular complexity index is 268. The van der Waals surface area contributed by atoms with Crippen LogP contribution in [0.4, 0.5) is 11.5 Å². The summed E-state index contributed by atoms with van der Waals surface area (Å²) in [7, 11) is 2.09. The van der Waals surface area contributed by atoms with Crippen molar-refractivity contribution in [2.75, 3.05) is 23.8 Å². The van der Waals surface area contributed by atoms with Crippen molar-refractivity contribution in [1.82, 2.24) is 10.2 Å². The monoisotopic (exact) mass is 166 g/mol. The van der Waals surface area contributed by atoms with Crippen molar-refractivity contribution >= 4 is 11.5 Å². The Morgan fingerprint density at radius 3 is 3.33 bits per heavy atom. The van der Waals surface area contributed by atoms with Crippen LogP contribution in [0.2, 0.25) is 0 Å². The summed E-state index contributed by atoms with van der Waals surface area (Å²) in [4.78, 5) is 2.22. The molecule has 0 saturated heterocycles. The second kappa shape index (κ2) is 2.69. The highest BCUT2D eigenvalue weighted by Gasteiger charge is 2.18. The summed E-state index contributed by atoms with van der Waals surface area (Å²) >= 11 is 0. The van der Waals surface area contributed by atoms with Gasteiger partial charge in [-0.2, -0.15) is 5.10 Å². The predicted molar refractivity (Wildman–Crippen MR) is 49.6 cm³/mol. The minimum absolute atomic E-state index is 0.569. The SMILES string of the molecule is CC1CCNc2cn[nH]c2N1C. The van der Waals surface area contributed by atoms with Crippen LogP contribution in [0.1, 0.15) is 13.3 Å². The second-order valence-electron chi connectivity index (χ2n) is 3.31. The Labute approximate surface area is 72.0 Å². The minimum Gasteiger partial charge on any atom is -0.381 e. The van der Waals surface area contributed by atoms with Crippen molar-refractivity contribution in [2.45, 2.75) is 19.4 Å². The quantitative estimate of drug-likeness (QED) is 0.605. The van der Waals surface area contributed by atoms with E-state index in [0.717, 1.165) is 18.1 Å². The summed E-state index contributed by atoms with van der Waals surface area (Å²) in [6.07, 6.45) is 3.00. The maximum Gasteiger partial charge on any atom is 0.147 e. The number of rotatable bonds is 0. The first kappa shape index (κ1) is 7.46. The fraction of sp³-hybridized carbons (Fsp3) is 0.625. The Morgan fingerprint density at radius 1 is 1.67 bits per heavy atom. The number of aromatic amines is 1. The van der Waals surface area contributed by atoms with Gasteiger partial charge in [0.1, 0.15) is 5.82 Å². The standard InChI is InChI=1S/C8H14N4/c1-6-3-4-9-7-5-10-11-8(7)12(6)2/h5-6,9H,3-4H2,1-2H3,(H,10,11). The summed E-state index contributed by atoms with van der Waals surface area (Å²) in [6.45, 7) is 3.25. The summed E-state index contributed by atoms with van der Waals surface area (Å²) in [6, 6.07) is 0.569. The molecule has 0 saturated carbocycles. The zero-order valence-electron chi connectivity index (χ0n) is 7.46. The van der Waals surface area contributed by atoms with E-state index >= 15 is 0 Å². The molecule has 0 amide bonds. The molecule has 0 aromatic carbocycles. The molecule has 0 fully saturated rings. The lowest BCUT2D eigenvalue weighted by molar-refractivity contribution is 0.650. The van der Waals surface area contributed by atoms with Crippen LogP contribution in [0.3, 0.4) is 0 Å². The van der Waals surface area contributed by atoms with Gasteiger partial charge >= 0.3 is 0 Å². The average Bonchev–Trinajstić information content (AvgIpc) is 2.46. The van der Waals surface area contributed by atoms with Gasteiger partial charge in [0.25, 0.3) is 0 Å². The molecule has 0 bridgehead atoms. The number of hydrogen-bond acceptors (Lipinski definition) is 3. The molecule has 12 heavy (non-hydrogen) atoms. The van der Waals surface area contributed by atoms with Gasteiger partial charge in [-0.25, -0.2) is 0 Å². The van der Waals surface area contributed by atoms with E-state index < -0.39 is 0 Å². The number of hydrogen-bond donors (Lipinski definition) is 2. The van der Waals surface area contributed by atoms with Crippen LogP contribution in [0, 0.1) is 0 Å². The molecule has 1 unspecified atom stereocenters. The summed E-state index contributed by atoms with van der Waals surface area (Å²) in [5.41, 5.74) is 1.11. The first-order chi connectivity index (χ1) is 5.79. The molecule has 1 atom stereocenters. The van der Waals surface area contributed by atoms with E-state index in [1.807, 2.05) is 6.20 Å². The zero-order valence-corrected chi connectivity index (χ0v) is 7.46. The summed E-state index contributed by atoms with van der Waals surface area (Å²) in [5, 5.41) is 10.3. The van der Waals surface area contributed by atoms with Gasteiger partial charge in [0, 0.05) is 19.6 Å². The van der Waals surface area contributed by atoms with E-state index in [9.17, 15) is 0 Å². The maximum absolute atomic E-state index is 4.00. The normalized spacial score (nSPS) is 22.8. The van der Waals surface area contributed by atoms with Gasteiger partial charge in [-0.05, 0) is 13.3 Å². The van der Waals surface area contributed by atoms with Gasteiger partial charge in [-0.1, -0.05) is 0 Å². The topological polar surface area (TPSA) is 44.0 Å². The van der Waals surface area contributed by atoms with E-state index in [1.165, 1.54) is 6.42 Å². The zero-order chi connectivity index (χ0) is 8.55. The fourth-order valence-corrected chi connectivity index (χ4v) is 1.51. The van der Waals surface area contributed by atoms with Crippen LogP contribution < -0.4 is 10.2 Å². The van der Waals surface area contributed by atoms with Crippen LogP contribution in [-0.2, 0) is 0 Å². The lowest BCUT2D eigenvalue weighted by Gasteiger charge is -2.22. The second-order valence-corrected chi connectivity index (χ2v) is 3.31. The van der Waals surface area contributed by atoms with Crippen molar-refractivity contribution in [3.8, 4) is 0 Å². The summed E-state index contributed by atoms with van der Waals surface area (Å²) < 4.78 is 0. The average molecular weight is 166 g/mol. The van der Waals surface area contributed by atoms with Gasteiger partial charge in [-0.3, -0.25) is 5.10 Å². The first-order valence-corrected chi connectivity index (χ1v) is 4.29. The maximum atomic E-state index is 4.00. The van der Waals surface area contributed by atoms with Crippen molar-refractivity contribution in [2.24, 2.45) is 0 Å². The Balaban J connectivity index is 2.35. The molecule has 0 aliphatic carbocycles. The number of anilines is 2. The third-order valence-corrected chi connectivity index (χ3v) is 2.51. The number of nitrogens with one attached hydrogen (secondary N) is 2. The van der Waals surface area contributed by atoms with E-state index in [0.29, 0.717) is 6.04 Å². The molecule has 1 aliphatic rings. The lowest BCUT2D eigenvalue weighted by Crippen LogP contribution is -2.28. The molecular formula is C8H14N4. The molecule has 1 aromatic heterocycles. The van der Waals surface area contributed by atoms with Crippen molar-refractivity contribution in [3.05, 3.63) is 6.20 Å². The Morgan fingerprint density at radius 2 is 2.50 bits per heavy atom. The van der Waals surface area contributed by atoms with Gasteiger partial charge in [0.05, 0.1) is 11.9 Å². The third kappa shape index (κ3) is 1.03. The molecule has 1 aromatic rings.